The molecule has 0 unspecified atom stereocenters. The fraction of sp³-hybridized carbons (Fsp3) is 0.304. The van der Waals surface area contributed by atoms with E-state index in [0.717, 1.165) is 36.4 Å². The number of para-hydroxylation sites is 2. The number of imidazole rings is 1. The van der Waals surface area contributed by atoms with Gasteiger partial charge in [0.25, 0.3) is 0 Å². The van der Waals surface area contributed by atoms with Gasteiger partial charge < -0.3 is 25.4 Å². The van der Waals surface area contributed by atoms with E-state index in [0.29, 0.717) is 36.0 Å². The lowest BCUT2D eigenvalue weighted by Crippen LogP contribution is -2.27. The molecule has 2 aromatic carbocycles. The summed E-state index contributed by atoms with van der Waals surface area (Å²) in [4.78, 5) is 19.7. The molecule has 3 N–H and O–H groups in total. The summed E-state index contributed by atoms with van der Waals surface area (Å²) in [5, 5.41) is 3.20. The lowest BCUT2D eigenvalue weighted by molar-refractivity contribution is 0.217. The van der Waals surface area contributed by atoms with Crippen molar-refractivity contribution in [1.29, 1.82) is 0 Å². The van der Waals surface area contributed by atoms with Crippen LogP contribution in [0.25, 0.3) is 17.0 Å². The zero-order valence-electron chi connectivity index (χ0n) is 19.0. The molecule has 0 fully saturated rings. The van der Waals surface area contributed by atoms with Crippen LogP contribution in [0.4, 0.5) is 17.6 Å². The summed E-state index contributed by atoms with van der Waals surface area (Å²) in [7, 11) is 1.62. The average molecular weight is 449 g/mol. The first-order valence-electron chi connectivity index (χ1n) is 10.9. The highest BCUT2D eigenvalue weighted by Crippen LogP contribution is 2.31. The number of nitrogen functional groups attached to an aromatic ring is 1. The Morgan fingerprint density at radius 1 is 1.03 bits per heavy atom. The highest BCUT2D eigenvalue weighted by molar-refractivity contribution is 5.80. The van der Waals surface area contributed by atoms with Gasteiger partial charge in [0.05, 0.1) is 18.1 Å². The van der Waals surface area contributed by atoms with E-state index in [1.54, 1.807) is 11.7 Å². The van der Waals surface area contributed by atoms with Crippen LogP contribution in [0.2, 0.25) is 0 Å². The minimum atomic E-state index is 0.307. The molecule has 0 atom stereocenters. The smallest absolute Gasteiger partial charge is 0.241 e. The monoisotopic (exact) mass is 448 g/mol. The van der Waals surface area contributed by atoms with E-state index in [9.17, 15) is 0 Å². The standard InChI is InChI=1S/C23H28N8O2/c1-4-30(5-2)12-13-33-20-14-16(10-11-19(20)32-3)27-22-25-15-26-23(29-22)31-18-9-7-6-8-17(18)28-21(31)24/h6-11,14-15H,4-5,12-13H2,1-3H3,(H2,24,28)(H,25,26,27,29). The molecule has 0 spiro atoms. The zero-order chi connectivity index (χ0) is 23.2. The topological polar surface area (TPSA) is 116 Å². The van der Waals surface area contributed by atoms with Crippen LogP contribution < -0.4 is 20.5 Å². The van der Waals surface area contributed by atoms with Crippen LogP contribution in [-0.2, 0) is 0 Å². The number of methoxy groups -OCH3 is 1. The number of fused-ring (bicyclic) bond motifs is 1. The third-order valence-corrected chi connectivity index (χ3v) is 5.33. The SMILES string of the molecule is CCN(CC)CCOc1cc(Nc2ncnc(-n3c(N)nc4ccccc43)n2)ccc1OC. The maximum Gasteiger partial charge on any atom is 0.241 e. The first kappa shape index (κ1) is 22.3. The van der Waals surface area contributed by atoms with Gasteiger partial charge in [-0.25, -0.2) is 19.5 Å². The molecule has 0 aliphatic rings. The lowest BCUT2D eigenvalue weighted by atomic mass is 10.2. The van der Waals surface area contributed by atoms with Crippen LogP contribution >= 0.6 is 0 Å². The molecular weight excluding hydrogens is 420 g/mol. The first-order chi connectivity index (χ1) is 16.1. The number of likely N-dealkylation sites (N-methyl/N-ethyl adjacent to an activating group) is 1. The predicted octanol–water partition coefficient (Wildman–Crippen LogP) is 3.27. The molecule has 0 aliphatic carbocycles. The predicted molar refractivity (Wildman–Crippen MR) is 128 cm³/mol. The second-order valence-corrected chi connectivity index (χ2v) is 7.27. The van der Waals surface area contributed by atoms with Gasteiger partial charge >= 0.3 is 0 Å². The Balaban J connectivity index is 1.55. The number of benzene rings is 2. The molecule has 2 aromatic heterocycles. The summed E-state index contributed by atoms with van der Waals surface area (Å²) in [6, 6.07) is 13.2. The Morgan fingerprint density at radius 3 is 2.64 bits per heavy atom. The molecule has 172 valence electrons. The highest BCUT2D eigenvalue weighted by atomic mass is 16.5. The van der Waals surface area contributed by atoms with Crippen molar-refractivity contribution in [2.45, 2.75) is 13.8 Å². The normalized spacial score (nSPS) is 11.2. The van der Waals surface area contributed by atoms with E-state index >= 15 is 0 Å². The van der Waals surface area contributed by atoms with E-state index in [2.05, 4.69) is 44.0 Å². The molecule has 4 rings (SSSR count). The number of anilines is 3. The second-order valence-electron chi connectivity index (χ2n) is 7.27. The number of aromatic nitrogens is 5. The molecule has 33 heavy (non-hydrogen) atoms. The Hall–Kier alpha value is -3.92. The number of hydrogen-bond donors (Lipinski definition) is 2. The van der Waals surface area contributed by atoms with Crippen molar-refractivity contribution in [2.24, 2.45) is 0 Å². The third kappa shape index (κ3) is 4.96. The summed E-state index contributed by atoms with van der Waals surface area (Å²) in [6.07, 6.45) is 1.43. The fourth-order valence-electron chi connectivity index (χ4n) is 3.53. The zero-order valence-corrected chi connectivity index (χ0v) is 19.0. The van der Waals surface area contributed by atoms with E-state index in [1.807, 2.05) is 42.5 Å². The summed E-state index contributed by atoms with van der Waals surface area (Å²) in [6.45, 7) is 7.64. The quantitative estimate of drug-likeness (QED) is 0.377. The number of nitrogens with one attached hydrogen (secondary N) is 1. The van der Waals surface area contributed by atoms with Crippen LogP contribution in [0.5, 0.6) is 11.5 Å². The Kier molecular flexibility index (Phi) is 6.84. The number of hydrogen-bond acceptors (Lipinski definition) is 9. The van der Waals surface area contributed by atoms with Crippen LogP contribution in [0.1, 0.15) is 13.8 Å². The van der Waals surface area contributed by atoms with Gasteiger partial charge in [0.1, 0.15) is 12.9 Å². The first-order valence-corrected chi connectivity index (χ1v) is 10.9. The molecule has 0 saturated carbocycles. The lowest BCUT2D eigenvalue weighted by Gasteiger charge is -2.19. The Bertz CT molecular complexity index is 1220. The van der Waals surface area contributed by atoms with Crippen molar-refractivity contribution in [3.8, 4) is 17.4 Å². The molecule has 0 saturated heterocycles. The molecule has 0 radical (unpaired) electrons. The molecule has 10 heteroatoms. The largest absolute Gasteiger partial charge is 0.493 e. The second kappa shape index (κ2) is 10.1. The average Bonchev–Trinajstić information content (AvgIpc) is 3.18. The highest BCUT2D eigenvalue weighted by Gasteiger charge is 2.13. The van der Waals surface area contributed by atoms with Gasteiger partial charge in [-0.2, -0.15) is 4.98 Å². The Labute approximate surface area is 192 Å². The number of nitrogens with zero attached hydrogens (tertiary/aromatic N) is 6. The molecule has 10 nitrogen and oxygen atoms in total. The van der Waals surface area contributed by atoms with Gasteiger partial charge in [0, 0.05) is 18.3 Å². The molecule has 2 heterocycles. The summed E-state index contributed by atoms with van der Waals surface area (Å²) >= 11 is 0. The van der Waals surface area contributed by atoms with Crippen molar-refractivity contribution in [3.63, 3.8) is 0 Å². The van der Waals surface area contributed by atoms with Crippen LogP contribution in [0.3, 0.4) is 0 Å². The maximum atomic E-state index is 6.12. The van der Waals surface area contributed by atoms with Gasteiger partial charge in [-0.15, -0.1) is 0 Å². The number of rotatable bonds is 10. The van der Waals surface area contributed by atoms with Gasteiger partial charge in [0.2, 0.25) is 17.8 Å². The van der Waals surface area contributed by atoms with Crippen molar-refractivity contribution in [3.05, 3.63) is 48.8 Å². The van der Waals surface area contributed by atoms with Gasteiger partial charge in [0.15, 0.2) is 11.5 Å². The maximum absolute atomic E-state index is 6.12. The van der Waals surface area contributed by atoms with Crippen molar-refractivity contribution in [2.75, 3.05) is 44.4 Å². The van der Waals surface area contributed by atoms with E-state index in [4.69, 9.17) is 15.2 Å². The fourth-order valence-corrected chi connectivity index (χ4v) is 3.53. The third-order valence-electron chi connectivity index (χ3n) is 5.33. The van der Waals surface area contributed by atoms with Crippen LogP contribution in [0.15, 0.2) is 48.8 Å². The molecule has 4 aromatic rings. The van der Waals surface area contributed by atoms with Crippen LogP contribution in [0, 0.1) is 0 Å². The molecule has 0 bridgehead atoms. The minimum absolute atomic E-state index is 0.307. The van der Waals surface area contributed by atoms with E-state index < -0.39 is 0 Å². The van der Waals surface area contributed by atoms with Gasteiger partial charge in [-0.3, -0.25) is 0 Å². The molecule has 0 amide bonds. The van der Waals surface area contributed by atoms with Crippen molar-refractivity contribution < 1.29 is 9.47 Å². The summed E-state index contributed by atoms with van der Waals surface area (Å²) in [5.74, 6) is 2.36. The minimum Gasteiger partial charge on any atom is -0.493 e. The van der Waals surface area contributed by atoms with Gasteiger partial charge in [-0.05, 0) is 37.4 Å². The van der Waals surface area contributed by atoms with Crippen molar-refractivity contribution in [1.82, 2.24) is 29.4 Å². The number of ether oxygens (including phenoxy) is 2. The van der Waals surface area contributed by atoms with Crippen molar-refractivity contribution >= 4 is 28.6 Å². The summed E-state index contributed by atoms with van der Waals surface area (Å²) in [5.41, 5.74) is 8.47. The Morgan fingerprint density at radius 2 is 1.85 bits per heavy atom. The van der Waals surface area contributed by atoms with Gasteiger partial charge in [-0.1, -0.05) is 26.0 Å². The van der Waals surface area contributed by atoms with E-state index in [1.165, 1.54) is 6.33 Å². The van der Waals surface area contributed by atoms with E-state index in [-0.39, 0.29) is 0 Å². The van der Waals surface area contributed by atoms with Crippen LogP contribution in [-0.4, -0.2) is 62.8 Å². The number of nitrogens with two attached hydrogens (primary N) is 1. The molecule has 0 aliphatic heterocycles. The summed E-state index contributed by atoms with van der Waals surface area (Å²) < 4.78 is 13.1. The molecular formula is C23H28N8O2.